The molecule has 1 aromatic heterocycles. The Bertz CT molecular complexity index is 1030. The molecule has 0 aliphatic rings. The summed E-state index contributed by atoms with van der Waals surface area (Å²) in [4.78, 5) is 15.9. The van der Waals surface area contributed by atoms with Crippen molar-refractivity contribution in [3.8, 4) is 0 Å². The van der Waals surface area contributed by atoms with E-state index in [1.807, 2.05) is 0 Å². The quantitative estimate of drug-likeness (QED) is 0.421. The van der Waals surface area contributed by atoms with Crippen LogP contribution in [0.1, 0.15) is 21.6 Å². The molecule has 1 N–H and O–H groups in total. The fourth-order valence-corrected chi connectivity index (χ4v) is 3.13. The highest BCUT2D eigenvalue weighted by Crippen LogP contribution is 2.36. The Balaban J connectivity index is 1.79. The minimum absolute atomic E-state index is 0.0364. The third-order valence-electron chi connectivity index (χ3n) is 3.85. The van der Waals surface area contributed by atoms with Gasteiger partial charge in [0.2, 0.25) is 0 Å². The van der Waals surface area contributed by atoms with Crippen LogP contribution in [-0.4, -0.2) is 16.4 Å². The van der Waals surface area contributed by atoms with Gasteiger partial charge in [0.05, 0.1) is 11.1 Å². The topological polar surface area (TPSA) is 42.0 Å². The summed E-state index contributed by atoms with van der Waals surface area (Å²) in [5.74, 6) is -0.982. The molecule has 152 valence electrons. The van der Waals surface area contributed by atoms with Crippen LogP contribution in [0.4, 0.5) is 26.3 Å². The Kier molecular flexibility index (Phi) is 5.74. The van der Waals surface area contributed by atoms with Crippen molar-refractivity contribution in [3.05, 3.63) is 71.4 Å². The lowest BCUT2D eigenvalue weighted by Crippen LogP contribution is -2.26. The first-order chi connectivity index (χ1) is 13.5. The summed E-state index contributed by atoms with van der Waals surface area (Å²) in [5.41, 5.74) is -5.81. The SMILES string of the molecule is O=C(NCc1ccc(SC(F)(F)F)cc1)c1cc2ccccc2nc1C(F)(F)F. The zero-order chi connectivity index (χ0) is 21.2. The smallest absolute Gasteiger partial charge is 0.348 e. The largest absolute Gasteiger partial charge is 0.446 e. The maximum absolute atomic E-state index is 13.3. The molecule has 0 saturated carbocycles. The number of alkyl halides is 6. The fourth-order valence-electron chi connectivity index (χ4n) is 2.59. The Labute approximate surface area is 165 Å². The van der Waals surface area contributed by atoms with E-state index in [-0.39, 0.29) is 28.7 Å². The number of pyridine rings is 1. The molecular formula is C19H12F6N2OS. The first-order valence-electron chi connectivity index (χ1n) is 8.13. The Hall–Kier alpha value is -2.75. The van der Waals surface area contributed by atoms with Gasteiger partial charge in [-0.25, -0.2) is 4.98 Å². The second kappa shape index (κ2) is 7.94. The molecule has 2 aromatic carbocycles. The highest BCUT2D eigenvalue weighted by molar-refractivity contribution is 8.00. The predicted molar refractivity (Wildman–Crippen MR) is 96.3 cm³/mol. The lowest BCUT2D eigenvalue weighted by Gasteiger charge is -2.13. The number of thioether (sulfide) groups is 1. The molecule has 0 radical (unpaired) electrons. The summed E-state index contributed by atoms with van der Waals surface area (Å²) >= 11 is -0.284. The van der Waals surface area contributed by atoms with Crippen LogP contribution in [-0.2, 0) is 12.7 Å². The van der Waals surface area contributed by atoms with Crippen LogP contribution >= 0.6 is 11.8 Å². The number of nitrogens with zero attached hydrogens (tertiary/aromatic N) is 1. The molecular weight excluding hydrogens is 418 g/mol. The second-order valence-electron chi connectivity index (χ2n) is 5.95. The third kappa shape index (κ3) is 5.41. The summed E-state index contributed by atoms with van der Waals surface area (Å²) in [6.07, 6.45) is -4.83. The van der Waals surface area contributed by atoms with E-state index in [1.165, 1.54) is 42.5 Å². The first kappa shape index (κ1) is 21.0. The van der Waals surface area contributed by atoms with Crippen molar-refractivity contribution in [1.29, 1.82) is 0 Å². The number of carbonyl (C=O) groups is 1. The lowest BCUT2D eigenvalue weighted by atomic mass is 10.1. The number of rotatable bonds is 4. The number of para-hydroxylation sites is 1. The summed E-state index contributed by atoms with van der Waals surface area (Å²) in [6, 6.07) is 12.4. The summed E-state index contributed by atoms with van der Waals surface area (Å²) in [7, 11) is 0. The molecule has 29 heavy (non-hydrogen) atoms. The summed E-state index contributed by atoms with van der Waals surface area (Å²) in [5, 5.41) is 2.73. The van der Waals surface area contributed by atoms with Gasteiger partial charge in [0, 0.05) is 16.8 Å². The van der Waals surface area contributed by atoms with Crippen molar-refractivity contribution in [1.82, 2.24) is 10.3 Å². The van der Waals surface area contributed by atoms with Gasteiger partial charge >= 0.3 is 11.7 Å². The zero-order valence-electron chi connectivity index (χ0n) is 14.4. The molecule has 10 heteroatoms. The van der Waals surface area contributed by atoms with E-state index in [1.54, 1.807) is 6.07 Å². The Morgan fingerprint density at radius 2 is 1.62 bits per heavy atom. The third-order valence-corrected chi connectivity index (χ3v) is 4.59. The maximum Gasteiger partial charge on any atom is 0.446 e. The van der Waals surface area contributed by atoms with Gasteiger partial charge in [0.15, 0.2) is 5.69 Å². The fraction of sp³-hybridized carbons (Fsp3) is 0.158. The van der Waals surface area contributed by atoms with E-state index < -0.39 is 28.8 Å². The molecule has 3 aromatic rings. The first-order valence-corrected chi connectivity index (χ1v) is 8.94. The molecule has 0 aliphatic heterocycles. The number of halogens is 6. The summed E-state index contributed by atoms with van der Waals surface area (Å²) in [6.45, 7) is -0.153. The number of benzene rings is 2. The average molecular weight is 430 g/mol. The highest BCUT2D eigenvalue weighted by Gasteiger charge is 2.37. The second-order valence-corrected chi connectivity index (χ2v) is 7.09. The zero-order valence-corrected chi connectivity index (χ0v) is 15.3. The number of aromatic nitrogens is 1. The molecule has 0 unspecified atom stereocenters. The van der Waals surface area contributed by atoms with Crippen LogP contribution in [0.15, 0.2) is 59.5 Å². The molecule has 0 fully saturated rings. The van der Waals surface area contributed by atoms with E-state index in [4.69, 9.17) is 0 Å². The molecule has 3 rings (SSSR count). The van der Waals surface area contributed by atoms with Crippen LogP contribution in [0.25, 0.3) is 10.9 Å². The van der Waals surface area contributed by atoms with Gasteiger partial charge in [-0.1, -0.05) is 30.3 Å². The number of amides is 1. The molecule has 1 amide bonds. The number of nitrogens with one attached hydrogen (secondary N) is 1. The van der Waals surface area contributed by atoms with E-state index in [9.17, 15) is 31.1 Å². The van der Waals surface area contributed by atoms with Crippen LogP contribution in [0.3, 0.4) is 0 Å². The van der Waals surface area contributed by atoms with Crippen LogP contribution in [0.2, 0.25) is 0 Å². The minimum Gasteiger partial charge on any atom is -0.348 e. The Morgan fingerprint density at radius 1 is 0.966 bits per heavy atom. The molecule has 0 atom stereocenters. The van der Waals surface area contributed by atoms with Crippen molar-refractivity contribution in [2.75, 3.05) is 0 Å². The van der Waals surface area contributed by atoms with Crippen molar-refractivity contribution in [3.63, 3.8) is 0 Å². The predicted octanol–water partition coefficient (Wildman–Crippen LogP) is 5.80. The van der Waals surface area contributed by atoms with Gasteiger partial charge in [-0.05, 0) is 41.6 Å². The average Bonchev–Trinajstić information content (AvgIpc) is 2.64. The standard InChI is InChI=1S/C19H12F6N2OS/c20-18(21,22)16-14(9-12-3-1-2-4-15(12)27-16)17(28)26-10-11-5-7-13(8-6-11)29-19(23,24)25/h1-9H,10H2,(H,26,28). The number of hydrogen-bond donors (Lipinski definition) is 1. The van der Waals surface area contributed by atoms with Crippen molar-refractivity contribution in [2.24, 2.45) is 0 Å². The molecule has 0 saturated heterocycles. The number of fused-ring (bicyclic) bond motifs is 1. The molecule has 0 aliphatic carbocycles. The van der Waals surface area contributed by atoms with Gasteiger partial charge in [-0.15, -0.1) is 0 Å². The normalized spacial score (nSPS) is 12.2. The lowest BCUT2D eigenvalue weighted by molar-refractivity contribution is -0.141. The van der Waals surface area contributed by atoms with Crippen molar-refractivity contribution < 1.29 is 31.1 Å². The van der Waals surface area contributed by atoms with Crippen molar-refractivity contribution >= 4 is 28.6 Å². The van der Waals surface area contributed by atoms with Gasteiger partial charge < -0.3 is 5.32 Å². The Morgan fingerprint density at radius 3 is 2.24 bits per heavy atom. The van der Waals surface area contributed by atoms with Gasteiger partial charge in [0.1, 0.15) is 0 Å². The maximum atomic E-state index is 13.3. The van der Waals surface area contributed by atoms with Gasteiger partial charge in [0.25, 0.3) is 5.91 Å². The van der Waals surface area contributed by atoms with Gasteiger partial charge in [-0.3, -0.25) is 4.79 Å². The van der Waals surface area contributed by atoms with Crippen LogP contribution < -0.4 is 5.32 Å². The highest BCUT2D eigenvalue weighted by atomic mass is 32.2. The van der Waals surface area contributed by atoms with E-state index in [0.29, 0.717) is 10.9 Å². The van der Waals surface area contributed by atoms with E-state index in [2.05, 4.69) is 10.3 Å². The summed E-state index contributed by atoms with van der Waals surface area (Å²) < 4.78 is 77.0. The molecule has 1 heterocycles. The van der Waals surface area contributed by atoms with E-state index in [0.717, 1.165) is 6.07 Å². The number of hydrogen-bond acceptors (Lipinski definition) is 3. The monoisotopic (exact) mass is 430 g/mol. The molecule has 0 spiro atoms. The van der Waals surface area contributed by atoms with Crippen molar-refractivity contribution in [2.45, 2.75) is 23.1 Å². The number of carbonyl (C=O) groups excluding carboxylic acids is 1. The molecule has 3 nitrogen and oxygen atoms in total. The van der Waals surface area contributed by atoms with Crippen LogP contribution in [0, 0.1) is 0 Å². The van der Waals surface area contributed by atoms with E-state index >= 15 is 0 Å². The minimum atomic E-state index is -4.83. The van der Waals surface area contributed by atoms with Crippen LogP contribution in [0.5, 0.6) is 0 Å². The molecule has 0 bridgehead atoms. The van der Waals surface area contributed by atoms with Gasteiger partial charge in [-0.2, -0.15) is 26.3 Å².